The van der Waals surface area contributed by atoms with Gasteiger partial charge in [0.2, 0.25) is 0 Å². The molecule has 4 heterocycles. The van der Waals surface area contributed by atoms with Gasteiger partial charge in [0.25, 0.3) is 29.1 Å². The molecule has 18 nitrogen and oxygen atoms in total. The molecule has 0 saturated carbocycles. The molecule has 0 aliphatic carbocycles. The zero-order valence-electron chi connectivity index (χ0n) is 48.8. The van der Waals surface area contributed by atoms with Gasteiger partial charge in [-0.3, -0.25) is 49.3 Å². The molecule has 446 valence electrons. The van der Waals surface area contributed by atoms with E-state index in [1.807, 2.05) is 50.2 Å². The lowest BCUT2D eigenvalue weighted by Gasteiger charge is -2.22. The molecule has 0 bridgehead atoms. The molecular formula is C63H77N9O9S3. The van der Waals surface area contributed by atoms with Crippen LogP contribution in [0.4, 0.5) is 11.4 Å². The molecule has 5 aromatic carbocycles. The van der Waals surface area contributed by atoms with Crippen molar-refractivity contribution in [1.82, 2.24) is 35.6 Å². The van der Waals surface area contributed by atoms with Gasteiger partial charge < -0.3 is 16.0 Å². The maximum absolute atomic E-state index is 12.7. The van der Waals surface area contributed by atoms with Crippen molar-refractivity contribution >= 4 is 62.5 Å². The van der Waals surface area contributed by atoms with Crippen LogP contribution in [0.1, 0.15) is 113 Å². The highest BCUT2D eigenvalue weighted by Crippen LogP contribution is 2.36. The minimum Gasteiger partial charge on any atom is -0.350 e. The van der Waals surface area contributed by atoms with Crippen molar-refractivity contribution in [2.45, 2.75) is 129 Å². The standard InChI is InChI=1S/C22H27N3O5S.C21H25N3O3S.C20H25N3OS/c1-3-24-12-4-5-19(24)14-23-22(26)17-8-9-18(21(13-17)25(27)28)15-31(29,30)20-10-6-16(2)7-11-20;1-3-23-12-4-5-17(23)14-22-21(25)16-8-11-20(19(13-16)24(26)27)28-18-9-6-15(2)7-10-18;1-3-23-12-4-5-17(23)14-22-20(24)16-8-11-19(21-13-16)25-18-9-6-15(2)7-10-18/h6-11,13,19H,3-5,12,14-15H2,1-2H3,(H,23,26);6-11,13,17H,3-5,12,14H2,1-2H3,(H,22,25);6-11,13,17H,3-5,12,14H2,1-2H3,(H,22,24). The van der Waals surface area contributed by atoms with Crippen molar-refractivity contribution in [2.75, 3.05) is 58.9 Å². The van der Waals surface area contributed by atoms with Gasteiger partial charge in [-0.1, -0.05) is 103 Å². The van der Waals surface area contributed by atoms with E-state index < -0.39 is 31.3 Å². The third-order valence-electron chi connectivity index (χ3n) is 15.4. The highest BCUT2D eigenvalue weighted by atomic mass is 32.2. The first-order valence-corrected chi connectivity index (χ1v) is 32.0. The predicted molar refractivity (Wildman–Crippen MR) is 331 cm³/mol. The van der Waals surface area contributed by atoms with Crippen molar-refractivity contribution < 1.29 is 32.6 Å². The Labute approximate surface area is 502 Å². The molecule has 84 heavy (non-hydrogen) atoms. The van der Waals surface area contributed by atoms with Crippen LogP contribution in [0.2, 0.25) is 0 Å². The molecule has 1 aromatic heterocycles. The number of hydrogen-bond acceptors (Lipinski definition) is 15. The zero-order valence-corrected chi connectivity index (χ0v) is 51.2. The van der Waals surface area contributed by atoms with Gasteiger partial charge in [0.05, 0.1) is 31.0 Å². The summed E-state index contributed by atoms with van der Waals surface area (Å²) in [6.07, 6.45) is 8.36. The van der Waals surface area contributed by atoms with Crippen LogP contribution in [0.25, 0.3) is 0 Å². The summed E-state index contributed by atoms with van der Waals surface area (Å²) in [6, 6.07) is 36.0. The molecule has 3 unspecified atom stereocenters. The number of pyridine rings is 1. The second kappa shape index (κ2) is 31.2. The summed E-state index contributed by atoms with van der Waals surface area (Å²) >= 11 is 2.93. The maximum atomic E-state index is 12.7. The predicted octanol–water partition coefficient (Wildman–Crippen LogP) is 11.1. The van der Waals surface area contributed by atoms with Crippen molar-refractivity contribution in [1.29, 1.82) is 0 Å². The summed E-state index contributed by atoms with van der Waals surface area (Å²) in [5.41, 5.74) is 4.01. The Hall–Kier alpha value is -7.01. The molecule has 0 radical (unpaired) electrons. The van der Waals surface area contributed by atoms with Gasteiger partial charge in [-0.05, 0) is 165 Å². The number of hydrogen-bond donors (Lipinski definition) is 3. The maximum Gasteiger partial charge on any atom is 0.284 e. The summed E-state index contributed by atoms with van der Waals surface area (Å²) in [5.74, 6) is -1.22. The fraction of sp³-hybridized carbons (Fsp3) is 0.397. The monoisotopic (exact) mass is 1200 g/mol. The van der Waals surface area contributed by atoms with E-state index in [1.165, 1.54) is 60.5 Å². The fourth-order valence-corrected chi connectivity index (χ4v) is 13.5. The second-order valence-electron chi connectivity index (χ2n) is 21.2. The van der Waals surface area contributed by atoms with E-state index in [4.69, 9.17) is 0 Å². The number of benzene rings is 5. The van der Waals surface area contributed by atoms with Crippen LogP contribution < -0.4 is 16.0 Å². The number of sulfone groups is 1. The average molecular weight is 1200 g/mol. The molecule has 0 spiro atoms. The van der Waals surface area contributed by atoms with Crippen molar-refractivity contribution in [3.8, 4) is 0 Å². The first-order valence-electron chi connectivity index (χ1n) is 28.7. The van der Waals surface area contributed by atoms with Crippen LogP contribution in [0.5, 0.6) is 0 Å². The van der Waals surface area contributed by atoms with Crippen LogP contribution in [0.3, 0.4) is 0 Å². The Balaban J connectivity index is 0.000000182. The molecule has 9 rings (SSSR count). The van der Waals surface area contributed by atoms with Gasteiger partial charge in [0.1, 0.15) is 5.03 Å². The number of likely N-dealkylation sites (tertiary alicyclic amines) is 3. The van der Waals surface area contributed by atoms with Crippen molar-refractivity contribution in [2.24, 2.45) is 0 Å². The number of aryl methyl sites for hydroxylation is 3. The Morgan fingerprint density at radius 2 is 0.952 bits per heavy atom. The highest BCUT2D eigenvalue weighted by molar-refractivity contribution is 7.99. The Morgan fingerprint density at radius 1 is 0.548 bits per heavy atom. The molecular weight excluding hydrogens is 1120 g/mol. The number of nitro benzene ring substituents is 2. The molecule has 3 aliphatic rings. The van der Waals surface area contributed by atoms with E-state index in [9.17, 15) is 43.0 Å². The number of nitrogens with zero attached hydrogens (tertiary/aromatic N) is 6. The van der Waals surface area contributed by atoms with Gasteiger partial charge in [0.15, 0.2) is 9.84 Å². The van der Waals surface area contributed by atoms with Crippen LogP contribution in [-0.4, -0.2) is 133 Å². The third-order valence-corrected chi connectivity index (χ3v) is 19.1. The number of rotatable bonds is 21. The van der Waals surface area contributed by atoms with Gasteiger partial charge >= 0.3 is 0 Å². The lowest BCUT2D eigenvalue weighted by Crippen LogP contribution is -2.40. The van der Waals surface area contributed by atoms with Crippen LogP contribution in [0, 0.1) is 41.0 Å². The minimum atomic E-state index is -3.76. The number of nitrogens with one attached hydrogen (secondary N) is 3. The Kier molecular flexibility index (Phi) is 24.0. The summed E-state index contributed by atoms with van der Waals surface area (Å²) < 4.78 is 25.4. The summed E-state index contributed by atoms with van der Waals surface area (Å²) in [6.45, 7) is 20.2. The second-order valence-corrected chi connectivity index (χ2v) is 25.4. The van der Waals surface area contributed by atoms with Gasteiger partial charge in [-0.25, -0.2) is 13.4 Å². The molecule has 3 N–H and O–H groups in total. The van der Waals surface area contributed by atoms with E-state index in [2.05, 4.69) is 87.6 Å². The number of likely N-dealkylation sites (N-methyl/N-ethyl adjacent to an activating group) is 3. The van der Waals surface area contributed by atoms with Crippen LogP contribution in [0.15, 0.2) is 152 Å². The molecule has 3 atom stereocenters. The molecule has 21 heteroatoms. The van der Waals surface area contributed by atoms with Crippen LogP contribution >= 0.6 is 23.5 Å². The largest absolute Gasteiger partial charge is 0.350 e. The fourth-order valence-electron chi connectivity index (χ4n) is 10.5. The minimum absolute atomic E-state index is 0.0395. The van der Waals surface area contributed by atoms with E-state index in [0.29, 0.717) is 47.7 Å². The number of nitro groups is 2. The Morgan fingerprint density at radius 3 is 1.38 bits per heavy atom. The number of carbonyl (C=O) groups is 3. The molecule has 3 amide bonds. The van der Waals surface area contributed by atoms with E-state index in [0.717, 1.165) is 97.0 Å². The van der Waals surface area contributed by atoms with E-state index >= 15 is 0 Å². The topological polar surface area (TPSA) is 230 Å². The summed E-state index contributed by atoms with van der Waals surface area (Å²) in [5, 5.41) is 32.9. The first-order chi connectivity index (χ1) is 40.3. The SMILES string of the molecule is CCN1CCCC1CNC(=O)c1ccc(CS(=O)(=O)c2ccc(C)cc2)c([N+](=O)[O-])c1.CCN1CCCC1CNC(=O)c1ccc(Sc2ccc(C)cc2)c([N+](=O)[O-])c1.CCN1CCCC1CNC(=O)c1ccc(Sc2ccc(C)cc2)nc1. The number of carbonyl (C=O) groups excluding carboxylic acids is 3. The smallest absolute Gasteiger partial charge is 0.284 e. The first kappa shape index (κ1) is 64.5. The average Bonchev–Trinajstić information content (AvgIpc) is 3.32. The lowest BCUT2D eigenvalue weighted by molar-refractivity contribution is -0.387. The number of aromatic nitrogens is 1. The van der Waals surface area contributed by atoms with Crippen molar-refractivity contribution in [3.63, 3.8) is 0 Å². The normalized spacial score (nSPS) is 17.1. The summed E-state index contributed by atoms with van der Waals surface area (Å²) in [7, 11) is -3.76. The Bertz CT molecular complexity index is 3320. The van der Waals surface area contributed by atoms with Gasteiger partial charge in [0, 0.05) is 82.6 Å². The quantitative estimate of drug-likeness (QED) is 0.0449. The highest BCUT2D eigenvalue weighted by Gasteiger charge is 2.28. The number of amides is 3. The lowest BCUT2D eigenvalue weighted by atomic mass is 10.1. The summed E-state index contributed by atoms with van der Waals surface area (Å²) in [4.78, 5) is 73.6. The molecule has 3 aliphatic heterocycles. The van der Waals surface area contributed by atoms with Gasteiger partial charge in [-0.15, -0.1) is 0 Å². The van der Waals surface area contributed by atoms with Gasteiger partial charge in [-0.2, -0.15) is 0 Å². The van der Waals surface area contributed by atoms with Crippen LogP contribution in [-0.2, 0) is 15.6 Å². The van der Waals surface area contributed by atoms with E-state index in [1.54, 1.807) is 42.2 Å². The van der Waals surface area contributed by atoms with E-state index in [-0.39, 0.29) is 45.3 Å². The third kappa shape index (κ3) is 18.5. The molecule has 3 saturated heterocycles. The zero-order chi connectivity index (χ0) is 60.3. The molecule has 3 fully saturated rings. The molecule has 6 aromatic rings. The van der Waals surface area contributed by atoms with Crippen molar-refractivity contribution in [3.05, 3.63) is 187 Å².